The highest BCUT2D eigenvalue weighted by Gasteiger charge is 2.13. The first-order valence-electron chi connectivity index (χ1n) is 18.2. The molecule has 2 aliphatic rings. The van der Waals surface area contributed by atoms with E-state index in [1.807, 2.05) is 12.1 Å². The van der Waals surface area contributed by atoms with Crippen LogP contribution < -0.4 is 9.47 Å². The minimum atomic E-state index is 0.00932. The molecular weight excluding hydrogens is 684 g/mol. The first-order valence-corrected chi connectivity index (χ1v) is 18.2. The summed E-state index contributed by atoms with van der Waals surface area (Å²) in [5.41, 5.74) is 4.82. The van der Waals surface area contributed by atoms with E-state index in [0.29, 0.717) is 47.0 Å². The van der Waals surface area contributed by atoms with Crippen molar-refractivity contribution in [2.45, 2.75) is 12.8 Å². The van der Waals surface area contributed by atoms with Gasteiger partial charge in [-0.1, -0.05) is 12.1 Å². The van der Waals surface area contributed by atoms with Gasteiger partial charge in [-0.3, -0.25) is 9.80 Å². The topological polar surface area (TPSA) is 156 Å². The Morgan fingerprint density at radius 3 is 1.43 bits per heavy atom. The Balaban J connectivity index is 1.10. The summed E-state index contributed by atoms with van der Waals surface area (Å²) in [6.07, 6.45) is 4.56. The molecule has 6 rings (SSSR count). The molecule has 12 heteroatoms. The molecule has 0 bridgehead atoms. The Hall–Kier alpha value is -5.76. The van der Waals surface area contributed by atoms with Crippen molar-refractivity contribution in [2.75, 3.05) is 78.9 Å². The summed E-state index contributed by atoms with van der Waals surface area (Å²) in [4.78, 5) is 4.71. The zero-order valence-corrected chi connectivity index (χ0v) is 30.2. The molecule has 0 unspecified atom stereocenters. The van der Waals surface area contributed by atoms with Gasteiger partial charge in [-0.05, 0) is 95.8 Å². The third-order valence-corrected chi connectivity index (χ3v) is 9.24. The van der Waals surface area contributed by atoms with Crippen molar-refractivity contribution in [1.82, 2.24) is 9.80 Å². The number of rotatable bonds is 15. The number of phenolic OH excluding ortho intramolecular Hbond substituents is 2. The molecule has 12 nitrogen and oxygen atoms in total. The second-order valence-electron chi connectivity index (χ2n) is 13.1. The van der Waals surface area contributed by atoms with Gasteiger partial charge in [0.25, 0.3) is 0 Å². The van der Waals surface area contributed by atoms with Crippen LogP contribution in [0.5, 0.6) is 23.0 Å². The molecule has 2 aliphatic heterocycles. The van der Waals surface area contributed by atoms with Crippen molar-refractivity contribution in [3.8, 4) is 57.4 Å². The lowest BCUT2D eigenvalue weighted by molar-refractivity contribution is 0.0357. The average molecular weight is 729 g/mol. The van der Waals surface area contributed by atoms with Crippen LogP contribution in [0.4, 0.5) is 0 Å². The fourth-order valence-electron chi connectivity index (χ4n) is 6.30. The van der Waals surface area contributed by atoms with Crippen LogP contribution in [0.2, 0.25) is 0 Å². The standard InChI is InChI=1S/C42H44N6O6/c43-27-31-19-35(25-39(21-31)53-13-1-7-47-9-15-51-16-10-47)33-3-5-41(49)37(23-33)29-45-46-30-38-24-34(4-6-42(38)50)36-20-32(28-44)22-40(26-36)54-14-2-8-48-11-17-52-18-12-48/h3-6,19-26,29-30,49-50H,1-2,7-18H2/b45-29+,46-30+. The molecule has 54 heavy (non-hydrogen) atoms. The summed E-state index contributed by atoms with van der Waals surface area (Å²) in [5.74, 6) is 1.22. The molecule has 0 aromatic heterocycles. The van der Waals surface area contributed by atoms with Crippen LogP contribution >= 0.6 is 0 Å². The lowest BCUT2D eigenvalue weighted by atomic mass is 10.0. The number of morpholine rings is 2. The molecule has 2 fully saturated rings. The molecule has 0 aliphatic carbocycles. The minimum absolute atomic E-state index is 0.00932. The third kappa shape index (κ3) is 10.9. The van der Waals surface area contributed by atoms with Crippen molar-refractivity contribution < 1.29 is 29.2 Å². The maximum Gasteiger partial charge on any atom is 0.124 e. The van der Waals surface area contributed by atoms with E-state index in [4.69, 9.17) is 18.9 Å². The normalized spacial score (nSPS) is 15.3. The molecule has 2 heterocycles. The molecule has 2 N–H and O–H groups in total. The second-order valence-corrected chi connectivity index (χ2v) is 13.1. The first-order chi connectivity index (χ1) is 26.5. The highest BCUT2D eigenvalue weighted by molar-refractivity contribution is 5.89. The Kier molecular flexibility index (Phi) is 13.6. The number of ether oxygens (including phenoxy) is 4. The number of nitrogens with zero attached hydrogens (tertiary/aromatic N) is 6. The van der Waals surface area contributed by atoms with E-state index in [9.17, 15) is 20.7 Å². The molecule has 0 saturated carbocycles. The quantitative estimate of drug-likeness (QED) is 0.0868. The fourth-order valence-corrected chi connectivity index (χ4v) is 6.30. The predicted molar refractivity (Wildman–Crippen MR) is 206 cm³/mol. The Morgan fingerprint density at radius 1 is 0.593 bits per heavy atom. The van der Waals surface area contributed by atoms with Gasteiger partial charge in [-0.25, -0.2) is 0 Å². The summed E-state index contributed by atoms with van der Waals surface area (Å²) in [6, 6.07) is 25.4. The van der Waals surface area contributed by atoms with Crippen LogP contribution in [0.3, 0.4) is 0 Å². The summed E-state index contributed by atoms with van der Waals surface area (Å²) < 4.78 is 22.9. The average Bonchev–Trinajstić information content (AvgIpc) is 3.21. The number of phenols is 2. The van der Waals surface area contributed by atoms with Gasteiger partial charge < -0.3 is 29.2 Å². The third-order valence-electron chi connectivity index (χ3n) is 9.24. The van der Waals surface area contributed by atoms with Crippen molar-refractivity contribution >= 4 is 12.4 Å². The predicted octanol–water partition coefficient (Wildman–Crippen LogP) is 5.83. The summed E-state index contributed by atoms with van der Waals surface area (Å²) in [5, 5.41) is 48.8. The van der Waals surface area contributed by atoms with E-state index in [0.717, 1.165) is 101 Å². The van der Waals surface area contributed by atoms with Gasteiger partial charge in [0.05, 0.1) is 75.3 Å². The van der Waals surface area contributed by atoms with Crippen LogP contribution in [0.15, 0.2) is 83.0 Å². The summed E-state index contributed by atoms with van der Waals surface area (Å²) in [6.45, 7) is 9.61. The zero-order valence-electron chi connectivity index (χ0n) is 30.2. The number of hydrogen-bond donors (Lipinski definition) is 2. The molecule has 4 aromatic carbocycles. The van der Waals surface area contributed by atoms with Crippen molar-refractivity contribution in [2.24, 2.45) is 10.2 Å². The van der Waals surface area contributed by atoms with Gasteiger partial charge in [0, 0.05) is 50.4 Å². The van der Waals surface area contributed by atoms with Gasteiger partial charge in [-0.2, -0.15) is 20.7 Å². The molecule has 2 saturated heterocycles. The smallest absolute Gasteiger partial charge is 0.124 e. The Bertz CT molecular complexity index is 1880. The Morgan fingerprint density at radius 2 is 1.02 bits per heavy atom. The van der Waals surface area contributed by atoms with Crippen LogP contribution in [0, 0.1) is 22.7 Å². The zero-order chi connectivity index (χ0) is 37.5. The molecule has 0 radical (unpaired) electrons. The van der Waals surface area contributed by atoms with E-state index in [1.54, 1.807) is 60.7 Å². The van der Waals surface area contributed by atoms with Crippen LogP contribution in [-0.2, 0) is 9.47 Å². The molecule has 0 spiro atoms. The highest BCUT2D eigenvalue weighted by Crippen LogP contribution is 2.31. The van der Waals surface area contributed by atoms with E-state index in [1.165, 1.54) is 12.4 Å². The monoisotopic (exact) mass is 728 g/mol. The van der Waals surface area contributed by atoms with E-state index < -0.39 is 0 Å². The molecule has 4 aromatic rings. The molecular formula is C42H44N6O6. The SMILES string of the molecule is N#Cc1cc(OCCCN2CCOCC2)cc(-c2ccc(O)c(/C=N/N=C/c3cc(-c4cc(C#N)cc(OCCCN5CCOCC5)c4)ccc3O)c2)c1. The first kappa shape index (κ1) is 38.0. The lowest BCUT2D eigenvalue weighted by Crippen LogP contribution is -2.37. The Labute approximate surface area is 315 Å². The van der Waals surface area contributed by atoms with E-state index in [-0.39, 0.29) is 11.5 Å². The summed E-state index contributed by atoms with van der Waals surface area (Å²) >= 11 is 0. The number of benzene rings is 4. The fraction of sp³-hybridized carbons (Fsp3) is 0.333. The van der Waals surface area contributed by atoms with Crippen molar-refractivity contribution in [1.29, 1.82) is 10.5 Å². The van der Waals surface area contributed by atoms with Crippen LogP contribution in [0.25, 0.3) is 22.3 Å². The minimum Gasteiger partial charge on any atom is -0.507 e. The molecule has 0 atom stereocenters. The van der Waals surface area contributed by atoms with Gasteiger partial charge >= 0.3 is 0 Å². The molecule has 278 valence electrons. The second kappa shape index (κ2) is 19.4. The van der Waals surface area contributed by atoms with Gasteiger partial charge in [0.1, 0.15) is 23.0 Å². The van der Waals surface area contributed by atoms with Crippen LogP contribution in [0.1, 0.15) is 35.1 Å². The van der Waals surface area contributed by atoms with E-state index >= 15 is 0 Å². The van der Waals surface area contributed by atoms with Gasteiger partial charge in [0.2, 0.25) is 0 Å². The number of hydrogen-bond acceptors (Lipinski definition) is 12. The van der Waals surface area contributed by atoms with Crippen LogP contribution in [-0.4, -0.2) is 111 Å². The van der Waals surface area contributed by atoms with E-state index in [2.05, 4.69) is 32.1 Å². The van der Waals surface area contributed by atoms with Crippen molar-refractivity contribution in [3.63, 3.8) is 0 Å². The highest BCUT2D eigenvalue weighted by atomic mass is 16.5. The van der Waals surface area contributed by atoms with Gasteiger partial charge in [-0.15, -0.1) is 0 Å². The largest absolute Gasteiger partial charge is 0.507 e. The molecule has 0 amide bonds. The number of nitriles is 2. The van der Waals surface area contributed by atoms with Crippen molar-refractivity contribution in [3.05, 3.63) is 95.1 Å². The number of aromatic hydroxyl groups is 2. The maximum absolute atomic E-state index is 10.6. The lowest BCUT2D eigenvalue weighted by Gasteiger charge is -2.26. The summed E-state index contributed by atoms with van der Waals surface area (Å²) in [7, 11) is 0. The maximum atomic E-state index is 10.6. The van der Waals surface area contributed by atoms with Gasteiger partial charge in [0.15, 0.2) is 0 Å².